The first-order chi connectivity index (χ1) is 11.4. The van der Waals surface area contributed by atoms with Gasteiger partial charge in [-0.25, -0.2) is 4.98 Å². The molecule has 0 saturated carbocycles. The van der Waals surface area contributed by atoms with E-state index in [1.165, 1.54) is 0 Å². The molecular formula is C18H15N5. The minimum absolute atomic E-state index is 0.562. The molecule has 0 bridgehead atoms. The van der Waals surface area contributed by atoms with Crippen molar-refractivity contribution < 1.29 is 0 Å². The number of rotatable bonds is 2. The van der Waals surface area contributed by atoms with Crippen molar-refractivity contribution in [2.45, 2.75) is 6.54 Å². The van der Waals surface area contributed by atoms with Gasteiger partial charge in [0.05, 0.1) is 23.5 Å². The largest absolute Gasteiger partial charge is 0.338 e. The maximum Gasteiger partial charge on any atom is 0.141 e. The summed E-state index contributed by atoms with van der Waals surface area (Å²) in [5.41, 5.74) is 3.99. The van der Waals surface area contributed by atoms with E-state index in [1.807, 2.05) is 54.7 Å². The third-order valence-electron chi connectivity index (χ3n) is 3.64. The lowest BCUT2D eigenvalue weighted by Crippen LogP contribution is -2.13. The summed E-state index contributed by atoms with van der Waals surface area (Å²) in [5.74, 6) is 1.60. The molecule has 0 amide bonds. The Morgan fingerprint density at radius 1 is 0.870 bits per heavy atom. The zero-order valence-electron chi connectivity index (χ0n) is 12.4. The predicted molar refractivity (Wildman–Crippen MR) is 92.1 cm³/mol. The van der Waals surface area contributed by atoms with Crippen LogP contribution in [0.25, 0.3) is 0 Å². The summed E-state index contributed by atoms with van der Waals surface area (Å²) < 4.78 is 0. The van der Waals surface area contributed by atoms with Crippen molar-refractivity contribution in [2.24, 2.45) is 4.99 Å². The smallest absolute Gasteiger partial charge is 0.141 e. The first-order valence-electron chi connectivity index (χ1n) is 7.42. The fourth-order valence-electron chi connectivity index (χ4n) is 2.51. The Hall–Kier alpha value is -3.21. The fourth-order valence-corrected chi connectivity index (χ4v) is 2.51. The highest BCUT2D eigenvalue weighted by Crippen LogP contribution is 2.30. The molecule has 0 spiro atoms. The molecule has 0 saturated heterocycles. The lowest BCUT2D eigenvalue weighted by Gasteiger charge is -2.09. The van der Waals surface area contributed by atoms with Crippen molar-refractivity contribution in [3.05, 3.63) is 78.2 Å². The van der Waals surface area contributed by atoms with Gasteiger partial charge >= 0.3 is 0 Å². The van der Waals surface area contributed by atoms with Crippen LogP contribution in [0.5, 0.6) is 0 Å². The topological polar surface area (TPSA) is 62.2 Å². The fraction of sp³-hybridized carbons (Fsp3) is 0.0556. The lowest BCUT2D eigenvalue weighted by molar-refractivity contribution is 1.04. The molecule has 23 heavy (non-hydrogen) atoms. The molecule has 4 rings (SSSR count). The Bertz CT molecular complexity index is 858. The summed E-state index contributed by atoms with van der Waals surface area (Å²) in [6.07, 6.45) is 5.37. The number of fused-ring (bicyclic) bond motifs is 2. The van der Waals surface area contributed by atoms with Crippen molar-refractivity contribution in [2.75, 3.05) is 10.6 Å². The van der Waals surface area contributed by atoms with Gasteiger partial charge in [-0.1, -0.05) is 18.2 Å². The number of amidine groups is 1. The molecule has 2 N–H and O–H groups in total. The van der Waals surface area contributed by atoms with Crippen molar-refractivity contribution in [1.82, 2.24) is 9.97 Å². The summed E-state index contributed by atoms with van der Waals surface area (Å²) in [6, 6.07) is 15.9. The van der Waals surface area contributed by atoms with Crippen LogP contribution < -0.4 is 10.6 Å². The van der Waals surface area contributed by atoms with Crippen LogP contribution in [0.2, 0.25) is 0 Å². The molecule has 1 aromatic carbocycles. The van der Waals surface area contributed by atoms with Gasteiger partial charge in [-0.05, 0) is 35.9 Å². The lowest BCUT2D eigenvalue weighted by atomic mass is 10.2. The van der Waals surface area contributed by atoms with Crippen LogP contribution in [0.3, 0.4) is 0 Å². The van der Waals surface area contributed by atoms with E-state index >= 15 is 0 Å². The van der Waals surface area contributed by atoms with Crippen LogP contribution in [0.1, 0.15) is 11.1 Å². The molecule has 5 nitrogen and oxygen atoms in total. The number of anilines is 3. The normalized spacial score (nSPS) is 14.2. The number of hydrogen-bond acceptors (Lipinski definition) is 4. The van der Waals surface area contributed by atoms with Crippen LogP contribution in [0.4, 0.5) is 17.2 Å². The molecule has 0 aliphatic carbocycles. The number of nitrogens with one attached hydrogen (secondary N) is 2. The molecular weight excluding hydrogens is 286 g/mol. The second kappa shape index (κ2) is 5.88. The molecule has 0 atom stereocenters. The highest BCUT2D eigenvalue weighted by Gasteiger charge is 2.17. The molecule has 0 radical (unpaired) electrons. The number of benzene rings is 1. The summed E-state index contributed by atoms with van der Waals surface area (Å²) in [4.78, 5) is 13.3. The van der Waals surface area contributed by atoms with E-state index in [0.717, 1.165) is 34.2 Å². The van der Waals surface area contributed by atoms with E-state index in [9.17, 15) is 0 Å². The Balaban J connectivity index is 1.76. The minimum Gasteiger partial charge on any atom is -0.338 e. The number of pyridine rings is 2. The second-order valence-electron chi connectivity index (χ2n) is 5.22. The highest BCUT2D eigenvalue weighted by atomic mass is 15.1. The van der Waals surface area contributed by atoms with Gasteiger partial charge in [0.15, 0.2) is 0 Å². The average Bonchev–Trinajstić information content (AvgIpc) is 2.77. The second-order valence-corrected chi connectivity index (χ2v) is 5.22. The summed E-state index contributed by atoms with van der Waals surface area (Å²) in [6.45, 7) is 0.562. The van der Waals surface area contributed by atoms with Gasteiger partial charge in [0.1, 0.15) is 11.7 Å². The van der Waals surface area contributed by atoms with Crippen molar-refractivity contribution in [3.8, 4) is 0 Å². The van der Waals surface area contributed by atoms with E-state index in [-0.39, 0.29) is 0 Å². The number of nitrogens with zero attached hydrogens (tertiary/aromatic N) is 3. The molecule has 3 aromatic rings. The molecule has 0 fully saturated rings. The van der Waals surface area contributed by atoms with E-state index in [2.05, 4.69) is 20.6 Å². The number of aromatic nitrogens is 2. The number of aliphatic imine (C=N–C) groups is 1. The number of para-hydroxylation sites is 2. The van der Waals surface area contributed by atoms with Crippen molar-refractivity contribution in [3.63, 3.8) is 0 Å². The SMILES string of the molecule is c1cncc(CN=C2Nc3ccccc3Nc3ncccc32)c1. The van der Waals surface area contributed by atoms with E-state index in [4.69, 9.17) is 4.99 Å². The van der Waals surface area contributed by atoms with Gasteiger partial charge in [0.25, 0.3) is 0 Å². The molecule has 0 unspecified atom stereocenters. The first-order valence-corrected chi connectivity index (χ1v) is 7.42. The predicted octanol–water partition coefficient (Wildman–Crippen LogP) is 3.59. The van der Waals surface area contributed by atoms with Crippen LogP contribution in [-0.4, -0.2) is 15.8 Å². The Morgan fingerprint density at radius 2 is 1.70 bits per heavy atom. The molecule has 1 aliphatic rings. The van der Waals surface area contributed by atoms with Gasteiger partial charge in [-0.15, -0.1) is 0 Å². The zero-order valence-corrected chi connectivity index (χ0v) is 12.4. The molecule has 1 aliphatic heterocycles. The Labute approximate surface area is 134 Å². The van der Waals surface area contributed by atoms with Gasteiger partial charge < -0.3 is 10.6 Å². The summed E-state index contributed by atoms with van der Waals surface area (Å²) in [5, 5.41) is 6.78. The maximum atomic E-state index is 4.74. The maximum absolute atomic E-state index is 4.74. The third-order valence-corrected chi connectivity index (χ3v) is 3.64. The van der Waals surface area contributed by atoms with Crippen molar-refractivity contribution >= 4 is 23.0 Å². The first kappa shape index (κ1) is 13.5. The molecule has 5 heteroatoms. The summed E-state index contributed by atoms with van der Waals surface area (Å²) >= 11 is 0. The van der Waals surface area contributed by atoms with Gasteiger partial charge in [-0.3, -0.25) is 9.98 Å². The van der Waals surface area contributed by atoms with Gasteiger partial charge in [0, 0.05) is 18.6 Å². The van der Waals surface area contributed by atoms with Crippen LogP contribution >= 0.6 is 0 Å². The molecule has 112 valence electrons. The van der Waals surface area contributed by atoms with Crippen LogP contribution in [-0.2, 0) is 6.54 Å². The average molecular weight is 301 g/mol. The summed E-state index contributed by atoms with van der Waals surface area (Å²) in [7, 11) is 0. The van der Waals surface area contributed by atoms with E-state index < -0.39 is 0 Å². The van der Waals surface area contributed by atoms with Gasteiger partial charge in [0.2, 0.25) is 0 Å². The molecule has 3 heterocycles. The Morgan fingerprint density at radius 3 is 2.52 bits per heavy atom. The van der Waals surface area contributed by atoms with Gasteiger partial charge in [-0.2, -0.15) is 0 Å². The molecule has 2 aromatic heterocycles. The number of hydrogen-bond donors (Lipinski definition) is 2. The van der Waals surface area contributed by atoms with Crippen molar-refractivity contribution in [1.29, 1.82) is 0 Å². The van der Waals surface area contributed by atoms with Crippen LogP contribution in [0.15, 0.2) is 72.1 Å². The minimum atomic E-state index is 0.562. The Kier molecular flexibility index (Phi) is 3.44. The van der Waals surface area contributed by atoms with Crippen LogP contribution in [0, 0.1) is 0 Å². The standard InChI is InChI=1S/C18H15N5/c1-2-8-16-15(7-1)22-17-14(6-4-10-20-17)18(23-16)21-12-13-5-3-9-19-11-13/h1-11H,12H2,(H,20,22)(H,21,23). The highest BCUT2D eigenvalue weighted by molar-refractivity contribution is 6.14. The third kappa shape index (κ3) is 2.76. The van der Waals surface area contributed by atoms with E-state index in [1.54, 1.807) is 12.4 Å². The van der Waals surface area contributed by atoms with E-state index in [0.29, 0.717) is 6.54 Å². The quantitative estimate of drug-likeness (QED) is 0.759. The monoisotopic (exact) mass is 301 g/mol. The zero-order chi connectivity index (χ0) is 15.5.